The minimum absolute atomic E-state index is 0.0162. The molecule has 0 atom stereocenters. The van der Waals surface area contributed by atoms with Crippen molar-refractivity contribution in [2.24, 2.45) is 0 Å². The van der Waals surface area contributed by atoms with Gasteiger partial charge in [0.1, 0.15) is 11.3 Å². The summed E-state index contributed by atoms with van der Waals surface area (Å²) < 4.78 is 6.50. The molecule has 3 heterocycles. The summed E-state index contributed by atoms with van der Waals surface area (Å²) in [7, 11) is 0. The molecule has 0 radical (unpaired) electrons. The van der Waals surface area contributed by atoms with Gasteiger partial charge in [0.25, 0.3) is 5.91 Å². The van der Waals surface area contributed by atoms with Gasteiger partial charge in [-0.1, -0.05) is 17.7 Å². The van der Waals surface area contributed by atoms with Gasteiger partial charge < -0.3 is 14.7 Å². The Hall–Kier alpha value is -3.65. The molecular formula is C21H19ClN6O2. The molecule has 4 rings (SSSR count). The highest BCUT2D eigenvalue weighted by atomic mass is 35.5. The fourth-order valence-electron chi connectivity index (χ4n) is 3.14. The molecule has 3 aromatic heterocycles. The van der Waals surface area contributed by atoms with E-state index >= 15 is 0 Å². The van der Waals surface area contributed by atoms with Crippen molar-refractivity contribution in [3.63, 3.8) is 0 Å². The van der Waals surface area contributed by atoms with E-state index in [2.05, 4.69) is 15.3 Å². The van der Waals surface area contributed by atoms with Gasteiger partial charge in [0.15, 0.2) is 11.6 Å². The number of aromatic amines is 1. The van der Waals surface area contributed by atoms with Crippen molar-refractivity contribution in [3.8, 4) is 0 Å². The molecule has 9 heteroatoms. The van der Waals surface area contributed by atoms with Crippen LogP contribution in [0.5, 0.6) is 0 Å². The highest BCUT2D eigenvalue weighted by Crippen LogP contribution is 2.19. The lowest BCUT2D eigenvalue weighted by Gasteiger charge is -2.10. The van der Waals surface area contributed by atoms with Crippen LogP contribution in [0, 0.1) is 10.8 Å². The Bertz CT molecular complexity index is 1220. The van der Waals surface area contributed by atoms with Gasteiger partial charge in [-0.15, -0.1) is 0 Å². The largest absolute Gasteiger partial charge is 0.461 e. The highest BCUT2D eigenvalue weighted by molar-refractivity contribution is 6.33. The Morgan fingerprint density at radius 2 is 2.23 bits per heavy atom. The van der Waals surface area contributed by atoms with Crippen LogP contribution in [-0.2, 0) is 12.8 Å². The molecule has 0 saturated heterocycles. The number of halogens is 1. The molecule has 0 aliphatic heterocycles. The quantitative estimate of drug-likeness (QED) is 0.373. The van der Waals surface area contributed by atoms with E-state index in [4.69, 9.17) is 26.8 Å². The van der Waals surface area contributed by atoms with Gasteiger partial charge in [-0.05, 0) is 36.4 Å². The molecule has 1 amide bonds. The number of carbonyl (C=O) groups is 1. The summed E-state index contributed by atoms with van der Waals surface area (Å²) in [4.78, 5) is 20.4. The standard InChI is InChI=1S/C21H19ClN6O2/c22-13-4-1-6-15-16(12-13)27-18(26-15)8-9-25-21(29)14-5-2-10-28(19(14)23)20(24)17-7-3-11-30-17/h1-5,7,10-12,23-24H,6,8-9H2,(H,25,29)(H,26,27). The predicted octanol–water partition coefficient (Wildman–Crippen LogP) is 2.82. The SMILES string of the molecule is N=C(c1ccco1)n1cccc(C(=O)NCCc2nc3c([nH]2)CC=CC(Cl)=C3)c1=N. The summed E-state index contributed by atoms with van der Waals surface area (Å²) in [5.74, 6) is 0.663. The molecule has 1 aliphatic rings. The van der Waals surface area contributed by atoms with E-state index in [1.54, 1.807) is 30.5 Å². The Kier molecular flexibility index (Phi) is 5.49. The number of pyridine rings is 1. The number of hydrogen-bond acceptors (Lipinski definition) is 5. The van der Waals surface area contributed by atoms with Gasteiger partial charge in [-0.2, -0.15) is 0 Å². The number of rotatable bonds is 5. The van der Waals surface area contributed by atoms with Crippen LogP contribution in [0.3, 0.4) is 0 Å². The lowest BCUT2D eigenvalue weighted by atomic mass is 10.2. The van der Waals surface area contributed by atoms with Crippen LogP contribution in [0.25, 0.3) is 6.08 Å². The smallest absolute Gasteiger partial charge is 0.255 e. The molecule has 8 nitrogen and oxygen atoms in total. The number of fused-ring (bicyclic) bond motifs is 1. The number of allylic oxidation sites excluding steroid dienone is 3. The van der Waals surface area contributed by atoms with Crippen molar-refractivity contribution in [1.29, 1.82) is 10.8 Å². The molecular weight excluding hydrogens is 404 g/mol. The summed E-state index contributed by atoms with van der Waals surface area (Å²) in [6, 6.07) is 6.47. The second kappa shape index (κ2) is 8.38. The monoisotopic (exact) mass is 422 g/mol. The number of imidazole rings is 1. The lowest BCUT2D eigenvalue weighted by molar-refractivity contribution is 0.0951. The lowest BCUT2D eigenvalue weighted by Crippen LogP contribution is -2.36. The first kappa shape index (κ1) is 19.7. The minimum Gasteiger partial charge on any atom is -0.461 e. The van der Waals surface area contributed by atoms with Gasteiger partial charge in [0.05, 0.1) is 17.5 Å². The Morgan fingerprint density at radius 3 is 3.03 bits per heavy atom. The average molecular weight is 423 g/mol. The Balaban J connectivity index is 1.42. The van der Waals surface area contributed by atoms with Crippen molar-refractivity contribution in [3.05, 3.63) is 87.9 Å². The zero-order chi connectivity index (χ0) is 21.1. The van der Waals surface area contributed by atoms with Crippen molar-refractivity contribution >= 4 is 29.4 Å². The van der Waals surface area contributed by atoms with Crippen molar-refractivity contribution < 1.29 is 9.21 Å². The van der Waals surface area contributed by atoms with E-state index in [0.29, 0.717) is 23.8 Å². The third-order valence-electron chi connectivity index (χ3n) is 4.61. The van der Waals surface area contributed by atoms with Crippen LogP contribution < -0.4 is 10.8 Å². The molecule has 1 aliphatic carbocycles. The first-order valence-corrected chi connectivity index (χ1v) is 9.69. The fourth-order valence-corrected chi connectivity index (χ4v) is 3.33. The molecule has 152 valence electrons. The van der Waals surface area contributed by atoms with Gasteiger partial charge in [0.2, 0.25) is 0 Å². The molecule has 0 unspecified atom stereocenters. The van der Waals surface area contributed by atoms with Crippen molar-refractivity contribution in [2.75, 3.05) is 6.54 Å². The fraction of sp³-hybridized carbons (Fsp3) is 0.143. The summed E-state index contributed by atoms with van der Waals surface area (Å²) in [6.07, 6.45) is 9.85. The second-order valence-electron chi connectivity index (χ2n) is 6.66. The van der Waals surface area contributed by atoms with Crippen LogP contribution in [0.2, 0.25) is 0 Å². The second-order valence-corrected chi connectivity index (χ2v) is 7.09. The maximum Gasteiger partial charge on any atom is 0.255 e. The van der Waals surface area contributed by atoms with Gasteiger partial charge in [-0.25, -0.2) is 4.98 Å². The number of nitrogens with one attached hydrogen (secondary N) is 4. The first-order valence-electron chi connectivity index (χ1n) is 9.31. The summed E-state index contributed by atoms with van der Waals surface area (Å²) in [5, 5.41) is 19.9. The third kappa shape index (κ3) is 4.04. The van der Waals surface area contributed by atoms with E-state index in [0.717, 1.165) is 23.6 Å². The summed E-state index contributed by atoms with van der Waals surface area (Å²) in [5.41, 5.74) is 1.87. The van der Waals surface area contributed by atoms with E-state index in [1.165, 1.54) is 10.8 Å². The molecule has 0 spiro atoms. The molecule has 3 aromatic rings. The van der Waals surface area contributed by atoms with E-state index in [1.807, 2.05) is 18.2 Å². The van der Waals surface area contributed by atoms with Gasteiger partial charge in [-0.3, -0.25) is 20.2 Å². The normalized spacial score (nSPS) is 12.8. The maximum atomic E-state index is 12.6. The van der Waals surface area contributed by atoms with Crippen LogP contribution in [0.15, 0.2) is 58.3 Å². The summed E-state index contributed by atoms with van der Waals surface area (Å²) in [6.45, 7) is 0.350. The molecule has 0 bridgehead atoms. The molecule has 0 aromatic carbocycles. The summed E-state index contributed by atoms with van der Waals surface area (Å²) >= 11 is 6.08. The Morgan fingerprint density at radius 1 is 1.37 bits per heavy atom. The van der Waals surface area contributed by atoms with Gasteiger partial charge >= 0.3 is 0 Å². The number of carbonyl (C=O) groups excluding carboxylic acids is 1. The first-order chi connectivity index (χ1) is 14.5. The number of furan rings is 1. The third-order valence-corrected chi connectivity index (χ3v) is 4.85. The predicted molar refractivity (Wildman–Crippen MR) is 113 cm³/mol. The average Bonchev–Trinajstić information content (AvgIpc) is 3.35. The molecule has 0 saturated carbocycles. The number of hydrogen-bond donors (Lipinski definition) is 4. The van der Waals surface area contributed by atoms with Crippen LogP contribution in [-0.4, -0.2) is 32.8 Å². The van der Waals surface area contributed by atoms with Crippen LogP contribution >= 0.6 is 11.6 Å². The van der Waals surface area contributed by atoms with Crippen LogP contribution in [0.1, 0.15) is 33.3 Å². The molecule has 0 fully saturated rings. The molecule has 30 heavy (non-hydrogen) atoms. The molecule has 4 N–H and O–H groups in total. The van der Waals surface area contributed by atoms with Gasteiger partial charge in [0, 0.05) is 36.3 Å². The van der Waals surface area contributed by atoms with Crippen molar-refractivity contribution in [2.45, 2.75) is 12.8 Å². The number of aromatic nitrogens is 3. The van der Waals surface area contributed by atoms with E-state index in [-0.39, 0.29) is 22.8 Å². The number of H-pyrrole nitrogens is 1. The van der Waals surface area contributed by atoms with E-state index in [9.17, 15) is 4.79 Å². The zero-order valence-corrected chi connectivity index (χ0v) is 16.7. The van der Waals surface area contributed by atoms with Crippen molar-refractivity contribution in [1.82, 2.24) is 19.9 Å². The van der Waals surface area contributed by atoms with E-state index < -0.39 is 0 Å². The van der Waals surface area contributed by atoms with Crippen LogP contribution in [0.4, 0.5) is 0 Å². The zero-order valence-electron chi connectivity index (χ0n) is 15.9. The number of amides is 1. The number of nitrogens with zero attached hydrogens (tertiary/aromatic N) is 2. The maximum absolute atomic E-state index is 12.6. The Labute approximate surface area is 176 Å². The topological polar surface area (TPSA) is 124 Å². The highest BCUT2D eigenvalue weighted by Gasteiger charge is 2.14. The minimum atomic E-state index is -0.388.